The Balaban J connectivity index is 1.65. The van der Waals surface area contributed by atoms with Gasteiger partial charge in [0.05, 0.1) is 17.4 Å². The maximum absolute atomic E-state index is 14.2. The van der Waals surface area contributed by atoms with E-state index in [0.717, 1.165) is 72.7 Å². The van der Waals surface area contributed by atoms with Crippen molar-refractivity contribution >= 4 is 28.8 Å². The van der Waals surface area contributed by atoms with Gasteiger partial charge in [-0.3, -0.25) is 14.5 Å². The number of carbonyl (C=O) groups is 2. The molecule has 1 N–H and O–H groups in total. The van der Waals surface area contributed by atoms with Crippen molar-refractivity contribution < 1.29 is 9.59 Å². The molecule has 0 aromatic heterocycles. The zero-order valence-corrected chi connectivity index (χ0v) is 24.0. The SMILES string of the molecule is CCCCCC(=O)N1c2ccccc2NC2=C(C(=O)C[C@@H](c3ccccc3)C2)[C@H]1c1ccc(N(CC)CC)cc1. The van der Waals surface area contributed by atoms with Crippen LogP contribution in [-0.2, 0) is 9.59 Å². The number of para-hydroxylation sites is 2. The maximum atomic E-state index is 14.2. The Labute approximate surface area is 238 Å². The average Bonchev–Trinajstić information content (AvgIpc) is 3.13. The molecule has 208 valence electrons. The van der Waals surface area contributed by atoms with Crippen LogP contribution in [0.2, 0.25) is 0 Å². The lowest BCUT2D eigenvalue weighted by Gasteiger charge is -2.35. The second-order valence-corrected chi connectivity index (χ2v) is 10.9. The largest absolute Gasteiger partial charge is 0.372 e. The molecule has 1 amide bonds. The minimum Gasteiger partial charge on any atom is -0.372 e. The van der Waals surface area contributed by atoms with Crippen molar-refractivity contribution in [2.75, 3.05) is 28.2 Å². The molecule has 0 saturated heterocycles. The standard InChI is InChI=1S/C35H41N3O2/c1-4-7-9-18-33(40)38-31-17-13-12-16-29(31)36-30-23-27(25-14-10-8-11-15-25)24-32(39)34(30)35(38)26-19-21-28(22-20-26)37(5-2)6-3/h8,10-17,19-22,27,35-36H,4-7,9,18,23-24H2,1-3H3/t27-,35+/m0/s1. The van der Waals surface area contributed by atoms with Gasteiger partial charge in [0.25, 0.3) is 0 Å². The van der Waals surface area contributed by atoms with E-state index in [0.29, 0.717) is 12.8 Å². The van der Waals surface area contributed by atoms with E-state index in [1.54, 1.807) is 0 Å². The topological polar surface area (TPSA) is 52.7 Å². The highest BCUT2D eigenvalue weighted by Gasteiger charge is 2.41. The molecule has 0 radical (unpaired) electrons. The number of amides is 1. The van der Waals surface area contributed by atoms with Gasteiger partial charge < -0.3 is 10.2 Å². The molecule has 0 bridgehead atoms. The molecule has 3 aromatic carbocycles. The quantitative estimate of drug-likeness (QED) is 0.282. The van der Waals surface area contributed by atoms with E-state index >= 15 is 0 Å². The lowest BCUT2D eigenvalue weighted by Crippen LogP contribution is -2.38. The third kappa shape index (κ3) is 5.56. The van der Waals surface area contributed by atoms with Crippen LogP contribution in [0.15, 0.2) is 90.1 Å². The highest BCUT2D eigenvalue weighted by Crippen LogP contribution is 2.47. The number of hydrogen-bond acceptors (Lipinski definition) is 4. The van der Waals surface area contributed by atoms with Gasteiger partial charge in [-0.05, 0) is 68.0 Å². The third-order valence-electron chi connectivity index (χ3n) is 8.36. The smallest absolute Gasteiger partial charge is 0.227 e. The van der Waals surface area contributed by atoms with Gasteiger partial charge in [-0.2, -0.15) is 0 Å². The minimum absolute atomic E-state index is 0.0623. The van der Waals surface area contributed by atoms with E-state index in [2.05, 4.69) is 67.4 Å². The van der Waals surface area contributed by atoms with Crippen molar-refractivity contribution in [3.05, 3.63) is 101 Å². The van der Waals surface area contributed by atoms with Crippen LogP contribution in [0.4, 0.5) is 17.1 Å². The summed E-state index contributed by atoms with van der Waals surface area (Å²) in [7, 11) is 0. The molecule has 2 aliphatic rings. The Morgan fingerprint density at radius 1 is 0.850 bits per heavy atom. The molecule has 5 nitrogen and oxygen atoms in total. The number of nitrogens with zero attached hydrogens (tertiary/aromatic N) is 2. The van der Waals surface area contributed by atoms with Crippen molar-refractivity contribution in [3.8, 4) is 0 Å². The van der Waals surface area contributed by atoms with Crippen molar-refractivity contribution in [1.82, 2.24) is 0 Å². The van der Waals surface area contributed by atoms with Crippen LogP contribution in [0.1, 0.15) is 82.4 Å². The van der Waals surface area contributed by atoms with Crippen LogP contribution < -0.4 is 15.1 Å². The molecule has 40 heavy (non-hydrogen) atoms. The lowest BCUT2D eigenvalue weighted by molar-refractivity contribution is -0.119. The van der Waals surface area contributed by atoms with E-state index in [4.69, 9.17) is 0 Å². The molecular formula is C35H41N3O2. The summed E-state index contributed by atoms with van der Waals surface area (Å²) in [5.41, 5.74) is 6.66. The molecule has 5 rings (SSSR count). The lowest BCUT2D eigenvalue weighted by atomic mass is 9.78. The Kier molecular flexibility index (Phi) is 8.69. The van der Waals surface area contributed by atoms with Gasteiger partial charge in [-0.1, -0.05) is 74.4 Å². The molecular weight excluding hydrogens is 494 g/mol. The molecule has 1 heterocycles. The second-order valence-electron chi connectivity index (χ2n) is 10.9. The predicted molar refractivity (Wildman–Crippen MR) is 165 cm³/mol. The first-order chi connectivity index (χ1) is 19.5. The zero-order valence-electron chi connectivity index (χ0n) is 24.0. The Morgan fingerprint density at radius 3 is 2.25 bits per heavy atom. The van der Waals surface area contributed by atoms with Crippen molar-refractivity contribution in [3.63, 3.8) is 0 Å². The van der Waals surface area contributed by atoms with E-state index in [9.17, 15) is 9.59 Å². The normalized spacial score (nSPS) is 18.5. The number of benzene rings is 3. The van der Waals surface area contributed by atoms with Gasteiger partial charge in [-0.25, -0.2) is 0 Å². The first-order valence-electron chi connectivity index (χ1n) is 14.9. The summed E-state index contributed by atoms with van der Waals surface area (Å²) >= 11 is 0. The highest BCUT2D eigenvalue weighted by atomic mass is 16.2. The molecule has 0 spiro atoms. The van der Waals surface area contributed by atoms with Crippen molar-refractivity contribution in [1.29, 1.82) is 0 Å². The summed E-state index contributed by atoms with van der Waals surface area (Å²) in [5.74, 6) is 0.274. The van der Waals surface area contributed by atoms with Crippen LogP contribution in [0.5, 0.6) is 0 Å². The third-order valence-corrected chi connectivity index (χ3v) is 8.36. The van der Waals surface area contributed by atoms with E-state index in [1.807, 2.05) is 47.4 Å². The molecule has 3 aromatic rings. The van der Waals surface area contributed by atoms with Gasteiger partial charge in [-0.15, -0.1) is 0 Å². The second kappa shape index (κ2) is 12.5. The van der Waals surface area contributed by atoms with Gasteiger partial charge in [0.2, 0.25) is 5.91 Å². The minimum atomic E-state index is -0.477. The van der Waals surface area contributed by atoms with Gasteiger partial charge in [0.15, 0.2) is 5.78 Å². The highest BCUT2D eigenvalue weighted by molar-refractivity contribution is 6.06. The summed E-state index contributed by atoms with van der Waals surface area (Å²) in [6, 6.07) is 26.3. The number of hydrogen-bond donors (Lipinski definition) is 1. The van der Waals surface area contributed by atoms with E-state index in [-0.39, 0.29) is 17.6 Å². The monoisotopic (exact) mass is 535 g/mol. The fourth-order valence-electron chi connectivity index (χ4n) is 6.24. The number of nitrogens with one attached hydrogen (secondary N) is 1. The van der Waals surface area contributed by atoms with Crippen LogP contribution in [0.25, 0.3) is 0 Å². The number of anilines is 3. The first-order valence-corrected chi connectivity index (χ1v) is 14.9. The average molecular weight is 536 g/mol. The zero-order chi connectivity index (χ0) is 28.1. The number of rotatable bonds is 9. The predicted octanol–water partition coefficient (Wildman–Crippen LogP) is 8.01. The van der Waals surface area contributed by atoms with Gasteiger partial charge >= 0.3 is 0 Å². The van der Waals surface area contributed by atoms with Gasteiger partial charge in [0.1, 0.15) is 0 Å². The summed E-state index contributed by atoms with van der Waals surface area (Å²) < 4.78 is 0. The van der Waals surface area contributed by atoms with Crippen LogP contribution >= 0.6 is 0 Å². The van der Waals surface area contributed by atoms with Gasteiger partial charge in [0, 0.05) is 42.9 Å². The molecule has 5 heteroatoms. The summed E-state index contributed by atoms with van der Waals surface area (Å²) in [6.07, 6.45) is 4.52. The Bertz CT molecular complexity index is 1360. The Morgan fingerprint density at radius 2 is 1.55 bits per heavy atom. The van der Waals surface area contributed by atoms with Crippen LogP contribution in [0.3, 0.4) is 0 Å². The summed E-state index contributed by atoms with van der Waals surface area (Å²) in [5, 5.41) is 3.65. The van der Waals surface area contributed by atoms with Crippen LogP contribution in [0, 0.1) is 0 Å². The molecule has 1 aliphatic carbocycles. The number of ketones is 1. The van der Waals surface area contributed by atoms with E-state index in [1.165, 1.54) is 5.56 Å². The maximum Gasteiger partial charge on any atom is 0.227 e. The number of carbonyl (C=O) groups excluding carboxylic acids is 2. The molecule has 0 saturated carbocycles. The van der Waals surface area contributed by atoms with E-state index < -0.39 is 6.04 Å². The number of allylic oxidation sites excluding steroid dienone is 1. The first kappa shape index (κ1) is 27.7. The fourth-order valence-corrected chi connectivity index (χ4v) is 6.24. The number of fused-ring (bicyclic) bond motifs is 1. The fraction of sp³-hybridized carbons (Fsp3) is 0.371. The molecule has 0 unspecified atom stereocenters. The number of unbranched alkanes of at least 4 members (excludes halogenated alkanes) is 2. The Hall–Kier alpha value is -3.86. The molecule has 1 aliphatic heterocycles. The molecule has 0 fully saturated rings. The van der Waals surface area contributed by atoms with Crippen molar-refractivity contribution in [2.45, 2.75) is 71.3 Å². The molecule has 2 atom stereocenters. The summed E-state index contributed by atoms with van der Waals surface area (Å²) in [4.78, 5) is 32.4. The number of Topliss-reactive ketones (excluding diaryl/α,β-unsaturated/α-hetero) is 1. The summed E-state index contributed by atoms with van der Waals surface area (Å²) in [6.45, 7) is 8.31. The van der Waals surface area contributed by atoms with Crippen molar-refractivity contribution in [2.24, 2.45) is 0 Å². The van der Waals surface area contributed by atoms with Crippen LogP contribution in [-0.4, -0.2) is 24.8 Å².